The summed E-state index contributed by atoms with van der Waals surface area (Å²) in [7, 11) is 0. The summed E-state index contributed by atoms with van der Waals surface area (Å²) in [6, 6.07) is 3.65. The second-order valence-electron chi connectivity index (χ2n) is 2.66. The lowest BCUT2D eigenvalue weighted by atomic mass is 10.3. The zero-order valence-corrected chi connectivity index (χ0v) is 8.42. The highest BCUT2D eigenvalue weighted by Gasteiger charge is 2.08. The first-order chi connectivity index (χ1) is 6.22. The van der Waals surface area contributed by atoms with Crippen LogP contribution in [0.5, 0.6) is 0 Å². The highest BCUT2D eigenvalue weighted by Crippen LogP contribution is 2.27. The van der Waals surface area contributed by atoms with E-state index in [4.69, 9.17) is 9.68 Å². The van der Waals surface area contributed by atoms with Crippen LogP contribution in [0.25, 0.3) is 11.0 Å². The predicted molar refractivity (Wildman–Crippen MR) is 51.2 cm³/mol. The fourth-order valence-electron chi connectivity index (χ4n) is 1.13. The van der Waals surface area contributed by atoms with Gasteiger partial charge in [0, 0.05) is 15.9 Å². The van der Waals surface area contributed by atoms with Crippen molar-refractivity contribution in [2.45, 2.75) is 6.92 Å². The molecule has 0 fully saturated rings. The Bertz CT molecular complexity index is 510. The largest absolute Gasteiger partial charge is 0.444 e. The van der Waals surface area contributed by atoms with Crippen LogP contribution in [0, 0.1) is 18.3 Å². The second-order valence-corrected chi connectivity index (χ2v) is 3.45. The van der Waals surface area contributed by atoms with Crippen LogP contribution in [0.1, 0.15) is 11.5 Å². The standard InChI is InChI=1S/C9H5BrN2O/c1-5-9(10)7-2-6(3-11)13-8(7)4-12-5/h2,4H,1H3. The number of nitriles is 1. The number of hydrogen-bond donors (Lipinski definition) is 0. The van der Waals surface area contributed by atoms with Gasteiger partial charge in [-0.15, -0.1) is 0 Å². The number of nitrogens with zero attached hydrogens (tertiary/aromatic N) is 2. The number of rotatable bonds is 0. The van der Waals surface area contributed by atoms with Gasteiger partial charge in [-0.05, 0) is 22.9 Å². The molecule has 3 nitrogen and oxygen atoms in total. The molecule has 0 atom stereocenters. The van der Waals surface area contributed by atoms with Crippen molar-refractivity contribution >= 4 is 26.9 Å². The van der Waals surface area contributed by atoms with E-state index < -0.39 is 0 Å². The van der Waals surface area contributed by atoms with E-state index in [1.807, 2.05) is 13.0 Å². The van der Waals surface area contributed by atoms with Crippen LogP contribution in [0.4, 0.5) is 0 Å². The lowest BCUT2D eigenvalue weighted by Crippen LogP contribution is -1.80. The van der Waals surface area contributed by atoms with Crippen LogP contribution in [-0.4, -0.2) is 4.98 Å². The van der Waals surface area contributed by atoms with Gasteiger partial charge in [-0.1, -0.05) is 0 Å². The summed E-state index contributed by atoms with van der Waals surface area (Å²) < 4.78 is 6.08. The van der Waals surface area contributed by atoms with Gasteiger partial charge in [-0.25, -0.2) is 0 Å². The Kier molecular flexibility index (Phi) is 1.82. The Morgan fingerprint density at radius 2 is 2.38 bits per heavy atom. The molecule has 0 radical (unpaired) electrons. The zero-order valence-electron chi connectivity index (χ0n) is 6.84. The minimum absolute atomic E-state index is 0.308. The van der Waals surface area contributed by atoms with Crippen molar-refractivity contribution in [3.8, 4) is 6.07 Å². The van der Waals surface area contributed by atoms with Gasteiger partial charge < -0.3 is 4.42 Å². The fourth-order valence-corrected chi connectivity index (χ4v) is 1.55. The van der Waals surface area contributed by atoms with Gasteiger partial charge in [-0.3, -0.25) is 4.98 Å². The van der Waals surface area contributed by atoms with Crippen molar-refractivity contribution in [2.24, 2.45) is 0 Å². The van der Waals surface area contributed by atoms with Gasteiger partial charge in [0.25, 0.3) is 0 Å². The number of aryl methyl sites for hydroxylation is 1. The zero-order chi connectivity index (χ0) is 9.42. The molecule has 0 aliphatic heterocycles. The van der Waals surface area contributed by atoms with Gasteiger partial charge in [-0.2, -0.15) is 5.26 Å². The van der Waals surface area contributed by atoms with E-state index in [0.717, 1.165) is 15.6 Å². The molecule has 0 aliphatic carbocycles. The molecule has 0 amide bonds. The van der Waals surface area contributed by atoms with Crippen molar-refractivity contribution in [3.05, 3.63) is 28.2 Å². The number of pyridine rings is 1. The topological polar surface area (TPSA) is 49.8 Å². The van der Waals surface area contributed by atoms with Crippen molar-refractivity contribution in [2.75, 3.05) is 0 Å². The molecule has 0 saturated carbocycles. The van der Waals surface area contributed by atoms with Crippen molar-refractivity contribution in [3.63, 3.8) is 0 Å². The summed E-state index contributed by atoms with van der Waals surface area (Å²) in [5, 5.41) is 9.51. The van der Waals surface area contributed by atoms with Crippen LogP contribution in [0.3, 0.4) is 0 Å². The molecule has 0 saturated heterocycles. The molecule has 0 spiro atoms. The molecule has 2 aromatic rings. The third-order valence-corrected chi connectivity index (χ3v) is 2.80. The molecule has 0 N–H and O–H groups in total. The molecular weight excluding hydrogens is 232 g/mol. The Hall–Kier alpha value is -1.34. The predicted octanol–water partition coefficient (Wildman–Crippen LogP) is 2.77. The lowest BCUT2D eigenvalue weighted by Gasteiger charge is -1.95. The first-order valence-electron chi connectivity index (χ1n) is 3.67. The molecule has 0 bridgehead atoms. The first-order valence-corrected chi connectivity index (χ1v) is 4.46. The molecule has 64 valence electrons. The Morgan fingerprint density at radius 1 is 1.62 bits per heavy atom. The maximum absolute atomic E-state index is 8.62. The van der Waals surface area contributed by atoms with E-state index in [0.29, 0.717) is 11.3 Å². The Balaban J connectivity index is 2.86. The molecule has 0 unspecified atom stereocenters. The van der Waals surface area contributed by atoms with Gasteiger partial charge in [0.05, 0.1) is 11.9 Å². The highest BCUT2D eigenvalue weighted by atomic mass is 79.9. The van der Waals surface area contributed by atoms with Crippen molar-refractivity contribution < 1.29 is 4.42 Å². The van der Waals surface area contributed by atoms with Gasteiger partial charge in [0.15, 0.2) is 5.58 Å². The number of furan rings is 1. The van der Waals surface area contributed by atoms with Gasteiger partial charge in [0.1, 0.15) is 6.07 Å². The van der Waals surface area contributed by atoms with Crippen LogP contribution >= 0.6 is 15.9 Å². The van der Waals surface area contributed by atoms with E-state index in [1.165, 1.54) is 0 Å². The summed E-state index contributed by atoms with van der Waals surface area (Å²) in [4.78, 5) is 4.10. The van der Waals surface area contributed by atoms with E-state index in [2.05, 4.69) is 20.9 Å². The Morgan fingerprint density at radius 3 is 3.08 bits per heavy atom. The summed E-state index contributed by atoms with van der Waals surface area (Å²) >= 11 is 3.39. The van der Waals surface area contributed by atoms with Crippen LogP contribution in [0.15, 0.2) is 21.2 Å². The van der Waals surface area contributed by atoms with Gasteiger partial charge in [0.2, 0.25) is 5.76 Å². The summed E-state index contributed by atoms with van der Waals surface area (Å²) in [5.41, 5.74) is 1.52. The van der Waals surface area contributed by atoms with Crippen molar-refractivity contribution in [1.82, 2.24) is 4.98 Å². The smallest absolute Gasteiger partial charge is 0.204 e. The van der Waals surface area contributed by atoms with Crippen molar-refractivity contribution in [1.29, 1.82) is 5.26 Å². The first kappa shape index (κ1) is 8.27. The lowest BCUT2D eigenvalue weighted by molar-refractivity contribution is 0.597. The minimum Gasteiger partial charge on any atom is -0.444 e. The fraction of sp³-hybridized carbons (Fsp3) is 0.111. The number of hydrogen-bond acceptors (Lipinski definition) is 3. The molecular formula is C9H5BrN2O. The number of aromatic nitrogens is 1. The molecule has 2 aromatic heterocycles. The summed E-state index contributed by atoms with van der Waals surface area (Å²) in [6.07, 6.45) is 1.62. The number of fused-ring (bicyclic) bond motifs is 1. The third-order valence-electron chi connectivity index (χ3n) is 1.80. The Labute approximate surface area is 83.1 Å². The molecule has 2 heterocycles. The number of halogens is 1. The van der Waals surface area contributed by atoms with E-state index >= 15 is 0 Å². The quantitative estimate of drug-likeness (QED) is 0.707. The maximum atomic E-state index is 8.62. The van der Waals surface area contributed by atoms with Crippen LogP contribution in [-0.2, 0) is 0 Å². The van der Waals surface area contributed by atoms with E-state index in [1.54, 1.807) is 12.3 Å². The molecule has 4 heteroatoms. The van der Waals surface area contributed by atoms with E-state index in [9.17, 15) is 0 Å². The third kappa shape index (κ3) is 1.21. The molecule has 2 rings (SSSR count). The van der Waals surface area contributed by atoms with Gasteiger partial charge >= 0.3 is 0 Å². The highest BCUT2D eigenvalue weighted by molar-refractivity contribution is 9.10. The molecule has 13 heavy (non-hydrogen) atoms. The van der Waals surface area contributed by atoms with Crippen LogP contribution in [0.2, 0.25) is 0 Å². The molecule has 0 aromatic carbocycles. The van der Waals surface area contributed by atoms with E-state index in [-0.39, 0.29) is 0 Å². The van der Waals surface area contributed by atoms with Crippen LogP contribution < -0.4 is 0 Å². The normalized spacial score (nSPS) is 10.2. The maximum Gasteiger partial charge on any atom is 0.204 e. The summed E-state index contributed by atoms with van der Waals surface area (Å²) in [6.45, 7) is 1.89. The molecule has 0 aliphatic rings. The SMILES string of the molecule is Cc1ncc2oc(C#N)cc2c1Br. The minimum atomic E-state index is 0.308. The monoisotopic (exact) mass is 236 g/mol. The summed E-state index contributed by atoms with van der Waals surface area (Å²) in [5.74, 6) is 0.308. The average Bonchev–Trinajstić information content (AvgIpc) is 2.55. The average molecular weight is 237 g/mol. The second kappa shape index (κ2) is 2.86.